The number of hydrogen-bond acceptors (Lipinski definition) is 6. The van der Waals surface area contributed by atoms with E-state index in [9.17, 15) is 18.0 Å². The SMILES string of the molecule is COC(=O)c1ccc(COC(=O)c2cccc(S(=O)(=O)N3CCc4ccccc4C3)c2)cc1. The Kier molecular flexibility index (Phi) is 6.57. The van der Waals surface area contributed by atoms with Crippen LogP contribution in [0.2, 0.25) is 0 Å². The molecule has 170 valence electrons. The van der Waals surface area contributed by atoms with Crippen molar-refractivity contribution in [3.63, 3.8) is 0 Å². The minimum absolute atomic E-state index is 0.0137. The van der Waals surface area contributed by atoms with Gasteiger partial charge in [0, 0.05) is 13.1 Å². The highest BCUT2D eigenvalue weighted by Gasteiger charge is 2.28. The summed E-state index contributed by atoms with van der Waals surface area (Å²) in [6, 6.07) is 20.2. The Hall–Kier alpha value is -3.49. The molecule has 1 aliphatic heterocycles. The smallest absolute Gasteiger partial charge is 0.338 e. The van der Waals surface area contributed by atoms with Gasteiger partial charge >= 0.3 is 11.9 Å². The number of sulfonamides is 1. The van der Waals surface area contributed by atoms with Gasteiger partial charge in [0.15, 0.2) is 0 Å². The second-order valence-corrected chi connectivity index (χ2v) is 9.59. The Bertz CT molecular complexity index is 1280. The highest BCUT2D eigenvalue weighted by Crippen LogP contribution is 2.25. The van der Waals surface area contributed by atoms with Crippen LogP contribution >= 0.6 is 0 Å². The number of nitrogens with zero attached hydrogens (tertiary/aromatic N) is 1. The average molecular weight is 466 g/mol. The van der Waals surface area contributed by atoms with E-state index >= 15 is 0 Å². The van der Waals surface area contributed by atoms with Gasteiger partial charge in [-0.15, -0.1) is 0 Å². The number of carbonyl (C=O) groups is 2. The van der Waals surface area contributed by atoms with Crippen molar-refractivity contribution in [2.24, 2.45) is 0 Å². The monoisotopic (exact) mass is 465 g/mol. The van der Waals surface area contributed by atoms with Crippen molar-refractivity contribution in [1.29, 1.82) is 0 Å². The third kappa shape index (κ3) is 4.97. The van der Waals surface area contributed by atoms with Crippen LogP contribution in [0.3, 0.4) is 0 Å². The molecule has 0 saturated heterocycles. The second kappa shape index (κ2) is 9.56. The van der Waals surface area contributed by atoms with Gasteiger partial charge in [-0.05, 0) is 53.4 Å². The zero-order valence-corrected chi connectivity index (χ0v) is 18.9. The van der Waals surface area contributed by atoms with Crippen molar-refractivity contribution < 1.29 is 27.5 Å². The van der Waals surface area contributed by atoms with Crippen LogP contribution in [0.1, 0.15) is 37.4 Å². The number of benzene rings is 3. The minimum atomic E-state index is -3.76. The fourth-order valence-corrected chi connectivity index (χ4v) is 5.16. The lowest BCUT2D eigenvalue weighted by atomic mass is 10.0. The van der Waals surface area contributed by atoms with Crippen molar-refractivity contribution in [2.75, 3.05) is 13.7 Å². The first kappa shape index (κ1) is 22.7. The summed E-state index contributed by atoms with van der Waals surface area (Å²) in [5, 5.41) is 0. The maximum atomic E-state index is 13.2. The highest BCUT2D eigenvalue weighted by molar-refractivity contribution is 7.89. The molecule has 0 amide bonds. The number of hydrogen-bond donors (Lipinski definition) is 0. The van der Waals surface area contributed by atoms with Crippen molar-refractivity contribution in [2.45, 2.75) is 24.5 Å². The van der Waals surface area contributed by atoms with Gasteiger partial charge in [0.2, 0.25) is 10.0 Å². The van der Waals surface area contributed by atoms with E-state index in [1.807, 2.05) is 24.3 Å². The molecule has 7 nitrogen and oxygen atoms in total. The molecule has 1 heterocycles. The largest absolute Gasteiger partial charge is 0.465 e. The molecule has 0 bridgehead atoms. The predicted molar refractivity (Wildman–Crippen MR) is 121 cm³/mol. The molecule has 8 heteroatoms. The molecule has 0 unspecified atom stereocenters. The molecule has 4 rings (SSSR count). The molecule has 0 fully saturated rings. The van der Waals surface area contributed by atoms with Crippen LogP contribution in [0.15, 0.2) is 77.7 Å². The summed E-state index contributed by atoms with van der Waals surface area (Å²) < 4.78 is 37.8. The summed E-state index contributed by atoms with van der Waals surface area (Å²) in [6.45, 7) is 0.671. The molecule has 3 aromatic carbocycles. The summed E-state index contributed by atoms with van der Waals surface area (Å²) in [5.74, 6) is -1.08. The van der Waals surface area contributed by atoms with Gasteiger partial charge < -0.3 is 9.47 Å². The molecule has 0 aliphatic carbocycles. The zero-order chi connectivity index (χ0) is 23.4. The molecule has 0 aromatic heterocycles. The van der Waals surface area contributed by atoms with Crippen molar-refractivity contribution in [3.05, 3.63) is 101 Å². The van der Waals surface area contributed by atoms with Crippen LogP contribution in [0.5, 0.6) is 0 Å². The van der Waals surface area contributed by atoms with Crippen molar-refractivity contribution in [3.8, 4) is 0 Å². The lowest BCUT2D eigenvalue weighted by Crippen LogP contribution is -2.36. The molecule has 0 atom stereocenters. The molecule has 0 radical (unpaired) electrons. The first-order chi connectivity index (χ1) is 15.9. The van der Waals surface area contributed by atoms with Gasteiger partial charge in [-0.2, -0.15) is 4.31 Å². The van der Waals surface area contributed by atoms with E-state index in [2.05, 4.69) is 4.74 Å². The Balaban J connectivity index is 1.45. The van der Waals surface area contributed by atoms with Crippen molar-refractivity contribution >= 4 is 22.0 Å². The van der Waals surface area contributed by atoms with Crippen molar-refractivity contribution in [1.82, 2.24) is 4.31 Å². The Morgan fingerprint density at radius 3 is 2.33 bits per heavy atom. The van der Waals surface area contributed by atoms with Crippen LogP contribution in [0.25, 0.3) is 0 Å². The van der Waals surface area contributed by atoms with Gasteiger partial charge in [-0.3, -0.25) is 0 Å². The molecular formula is C25H23NO6S. The standard InChI is InChI=1S/C25H23NO6S/c1-31-24(27)20-11-9-18(10-12-20)17-32-25(28)21-7-4-8-23(15-21)33(29,30)26-14-13-19-5-2-3-6-22(19)16-26/h2-12,15H,13-14,16-17H2,1H3. The number of methoxy groups -OCH3 is 1. The predicted octanol–water partition coefficient (Wildman–Crippen LogP) is 3.58. The zero-order valence-electron chi connectivity index (χ0n) is 18.1. The van der Waals surface area contributed by atoms with Crippen LogP contribution in [-0.2, 0) is 39.1 Å². The fraction of sp³-hybridized carbons (Fsp3) is 0.200. The number of carbonyl (C=O) groups excluding carboxylic acids is 2. The summed E-state index contributed by atoms with van der Waals surface area (Å²) >= 11 is 0. The van der Waals surface area contributed by atoms with Gasteiger partial charge in [0.25, 0.3) is 0 Å². The van der Waals surface area contributed by atoms with E-state index in [1.54, 1.807) is 24.3 Å². The first-order valence-corrected chi connectivity index (χ1v) is 11.8. The van der Waals surface area contributed by atoms with E-state index in [4.69, 9.17) is 4.74 Å². The third-order valence-electron chi connectivity index (χ3n) is 5.55. The normalized spacial score (nSPS) is 13.7. The third-order valence-corrected chi connectivity index (χ3v) is 7.39. The lowest BCUT2D eigenvalue weighted by Gasteiger charge is -2.28. The van der Waals surface area contributed by atoms with E-state index in [1.165, 1.54) is 35.7 Å². The maximum Gasteiger partial charge on any atom is 0.338 e. The number of rotatable bonds is 6. The van der Waals surface area contributed by atoms with Gasteiger partial charge in [-0.1, -0.05) is 42.5 Å². The number of fused-ring (bicyclic) bond motifs is 1. The molecule has 3 aromatic rings. The summed E-state index contributed by atoms with van der Waals surface area (Å²) in [6.07, 6.45) is 0.645. The van der Waals surface area contributed by atoms with E-state index in [0.29, 0.717) is 30.6 Å². The van der Waals surface area contributed by atoms with Crippen LogP contribution in [0.4, 0.5) is 0 Å². The van der Waals surface area contributed by atoms with Gasteiger partial charge in [0.1, 0.15) is 6.61 Å². The quantitative estimate of drug-likeness (QED) is 0.517. The van der Waals surface area contributed by atoms with E-state index < -0.39 is 22.0 Å². The summed E-state index contributed by atoms with van der Waals surface area (Å²) in [5.41, 5.74) is 3.37. The van der Waals surface area contributed by atoms with Crippen LogP contribution in [-0.4, -0.2) is 38.3 Å². The fourth-order valence-electron chi connectivity index (χ4n) is 3.69. The number of esters is 2. The topological polar surface area (TPSA) is 90.0 Å². The van der Waals surface area contributed by atoms with E-state index in [0.717, 1.165) is 11.1 Å². The highest BCUT2D eigenvalue weighted by atomic mass is 32.2. The van der Waals surface area contributed by atoms with Gasteiger partial charge in [0.05, 0.1) is 23.1 Å². The molecule has 1 aliphatic rings. The first-order valence-electron chi connectivity index (χ1n) is 10.4. The molecule has 0 spiro atoms. The Morgan fingerprint density at radius 2 is 1.61 bits per heavy atom. The van der Waals surface area contributed by atoms with Crippen LogP contribution < -0.4 is 0 Å². The molecular weight excluding hydrogens is 442 g/mol. The minimum Gasteiger partial charge on any atom is -0.465 e. The average Bonchev–Trinajstić information content (AvgIpc) is 2.86. The lowest BCUT2D eigenvalue weighted by molar-refractivity contribution is 0.0471. The maximum absolute atomic E-state index is 13.2. The Morgan fingerprint density at radius 1 is 0.879 bits per heavy atom. The van der Waals surface area contributed by atoms with Crippen LogP contribution in [0, 0.1) is 0 Å². The summed E-state index contributed by atoms with van der Waals surface area (Å²) in [7, 11) is -2.46. The number of ether oxygens (including phenoxy) is 2. The molecule has 33 heavy (non-hydrogen) atoms. The molecule has 0 saturated carbocycles. The summed E-state index contributed by atoms with van der Waals surface area (Å²) in [4.78, 5) is 24.1. The second-order valence-electron chi connectivity index (χ2n) is 7.65. The van der Waals surface area contributed by atoms with Gasteiger partial charge in [-0.25, -0.2) is 18.0 Å². The Labute approximate surface area is 192 Å². The molecule has 0 N–H and O–H groups in total. The van der Waals surface area contributed by atoms with E-state index in [-0.39, 0.29) is 17.1 Å².